The number of anilines is 1. The Hall–Kier alpha value is -2.38. The lowest BCUT2D eigenvalue weighted by atomic mass is 10.1. The maximum absolute atomic E-state index is 12.5. The summed E-state index contributed by atoms with van der Waals surface area (Å²) in [5, 5.41) is 5.76. The molecular formula is C22H28BrN3O3. The molecule has 2 aromatic rings. The van der Waals surface area contributed by atoms with Crippen molar-refractivity contribution in [2.45, 2.75) is 20.8 Å². The Bertz CT molecular complexity index is 821. The fraction of sp³-hybridized carbons (Fsp3) is 0.364. The summed E-state index contributed by atoms with van der Waals surface area (Å²) in [5.41, 5.74) is 1.70. The number of amides is 2. The van der Waals surface area contributed by atoms with Gasteiger partial charge < -0.3 is 20.3 Å². The number of nitrogens with zero attached hydrogens (tertiary/aromatic N) is 1. The molecule has 0 bridgehead atoms. The van der Waals surface area contributed by atoms with Crippen molar-refractivity contribution in [2.24, 2.45) is 0 Å². The lowest BCUT2D eigenvalue weighted by molar-refractivity contribution is 0.0948. The maximum Gasteiger partial charge on any atom is 0.255 e. The summed E-state index contributed by atoms with van der Waals surface area (Å²) in [6, 6.07) is 12.0. The van der Waals surface area contributed by atoms with Crippen LogP contribution < -0.4 is 15.4 Å². The van der Waals surface area contributed by atoms with Gasteiger partial charge >= 0.3 is 0 Å². The molecule has 0 aliphatic carbocycles. The summed E-state index contributed by atoms with van der Waals surface area (Å²) in [4.78, 5) is 27.0. The second-order valence-electron chi connectivity index (χ2n) is 6.39. The monoisotopic (exact) mass is 461 g/mol. The van der Waals surface area contributed by atoms with Crippen LogP contribution in [0.1, 0.15) is 41.5 Å². The molecule has 0 aliphatic heterocycles. The molecule has 6 nitrogen and oxygen atoms in total. The van der Waals surface area contributed by atoms with Gasteiger partial charge in [-0.15, -0.1) is 0 Å². The molecule has 7 heteroatoms. The average Bonchev–Trinajstić information content (AvgIpc) is 2.73. The van der Waals surface area contributed by atoms with E-state index in [9.17, 15) is 9.59 Å². The number of hydrogen-bond acceptors (Lipinski definition) is 4. The Morgan fingerprint density at radius 1 is 0.966 bits per heavy atom. The number of benzene rings is 2. The van der Waals surface area contributed by atoms with Gasteiger partial charge in [0, 0.05) is 29.9 Å². The summed E-state index contributed by atoms with van der Waals surface area (Å²) in [6.07, 6.45) is 0. The highest BCUT2D eigenvalue weighted by Gasteiger charge is 2.11. The number of nitrogens with one attached hydrogen (secondary N) is 2. The number of ether oxygens (including phenoxy) is 1. The molecule has 2 N–H and O–H groups in total. The van der Waals surface area contributed by atoms with Crippen molar-refractivity contribution in [2.75, 3.05) is 38.1 Å². The first-order valence-electron chi connectivity index (χ1n) is 9.82. The molecule has 0 aromatic heterocycles. The fourth-order valence-corrected chi connectivity index (χ4v) is 3.29. The third-order valence-corrected chi connectivity index (χ3v) is 5.13. The molecule has 2 aromatic carbocycles. The number of halogens is 1. The normalized spacial score (nSPS) is 10.7. The lowest BCUT2D eigenvalue weighted by Crippen LogP contribution is -2.34. The number of hydrogen-bond donors (Lipinski definition) is 2. The molecule has 0 unspecified atom stereocenters. The molecule has 2 rings (SSSR count). The van der Waals surface area contributed by atoms with E-state index < -0.39 is 0 Å². The molecule has 0 atom stereocenters. The zero-order valence-electron chi connectivity index (χ0n) is 17.1. The van der Waals surface area contributed by atoms with Crippen molar-refractivity contribution >= 4 is 33.4 Å². The third kappa shape index (κ3) is 6.87. The van der Waals surface area contributed by atoms with Crippen LogP contribution in [0.15, 0.2) is 46.9 Å². The van der Waals surface area contributed by atoms with Crippen LogP contribution in [0, 0.1) is 0 Å². The highest BCUT2D eigenvalue weighted by Crippen LogP contribution is 2.26. The molecule has 0 saturated heterocycles. The summed E-state index contributed by atoms with van der Waals surface area (Å²) >= 11 is 3.41. The predicted octanol–water partition coefficient (Wildman–Crippen LogP) is 4.17. The van der Waals surface area contributed by atoms with Gasteiger partial charge in [0.2, 0.25) is 0 Å². The second-order valence-corrected chi connectivity index (χ2v) is 7.25. The van der Waals surface area contributed by atoms with E-state index >= 15 is 0 Å². The van der Waals surface area contributed by atoms with Crippen LogP contribution in [0.3, 0.4) is 0 Å². The number of likely N-dealkylation sites (N-methyl/N-ethyl adjacent to an activating group) is 1. The largest absolute Gasteiger partial charge is 0.493 e. The van der Waals surface area contributed by atoms with Gasteiger partial charge in [0.15, 0.2) is 0 Å². The fourth-order valence-electron chi connectivity index (χ4n) is 2.79. The van der Waals surface area contributed by atoms with Crippen LogP contribution in [0.4, 0.5) is 5.69 Å². The van der Waals surface area contributed by atoms with Crippen LogP contribution in [0.25, 0.3) is 0 Å². The molecule has 156 valence electrons. The van der Waals surface area contributed by atoms with Crippen molar-refractivity contribution in [1.29, 1.82) is 0 Å². The number of carbonyl (C=O) groups is 2. The van der Waals surface area contributed by atoms with E-state index in [0.717, 1.165) is 24.1 Å². The van der Waals surface area contributed by atoms with E-state index in [1.807, 2.05) is 6.92 Å². The van der Waals surface area contributed by atoms with Crippen molar-refractivity contribution < 1.29 is 14.3 Å². The molecule has 0 saturated carbocycles. The first-order chi connectivity index (χ1) is 14.0. The van der Waals surface area contributed by atoms with Crippen molar-refractivity contribution in [3.8, 4) is 5.75 Å². The average molecular weight is 462 g/mol. The Morgan fingerprint density at radius 3 is 2.21 bits per heavy atom. The zero-order valence-corrected chi connectivity index (χ0v) is 18.7. The van der Waals surface area contributed by atoms with E-state index in [-0.39, 0.29) is 11.8 Å². The van der Waals surface area contributed by atoms with Gasteiger partial charge in [0.25, 0.3) is 11.8 Å². The molecule has 0 fully saturated rings. The first-order valence-corrected chi connectivity index (χ1v) is 10.6. The maximum atomic E-state index is 12.5. The smallest absolute Gasteiger partial charge is 0.255 e. The Kier molecular flexibility index (Phi) is 9.15. The van der Waals surface area contributed by atoms with Gasteiger partial charge in [-0.05, 0) is 78.4 Å². The third-order valence-electron chi connectivity index (χ3n) is 4.51. The quantitative estimate of drug-likeness (QED) is 0.556. The van der Waals surface area contributed by atoms with Gasteiger partial charge in [-0.3, -0.25) is 9.59 Å². The van der Waals surface area contributed by atoms with Crippen LogP contribution in [-0.4, -0.2) is 49.5 Å². The number of carbonyl (C=O) groups excluding carboxylic acids is 2. The molecule has 2 amide bonds. The molecule has 0 aliphatic rings. The summed E-state index contributed by atoms with van der Waals surface area (Å²) in [5.74, 6) is 0.344. The van der Waals surface area contributed by atoms with E-state index in [4.69, 9.17) is 4.74 Å². The van der Waals surface area contributed by atoms with Gasteiger partial charge in [-0.1, -0.05) is 13.8 Å². The van der Waals surface area contributed by atoms with Crippen LogP contribution in [-0.2, 0) is 0 Å². The summed E-state index contributed by atoms with van der Waals surface area (Å²) in [7, 11) is 0. The SMILES string of the molecule is CCOc1ccc(C(=O)Nc2ccc(C(=O)NCCN(CC)CC)cc2)cc1Br. The molecule has 0 radical (unpaired) electrons. The predicted molar refractivity (Wildman–Crippen MR) is 120 cm³/mol. The van der Waals surface area contributed by atoms with Gasteiger partial charge in [0.1, 0.15) is 5.75 Å². The molecule has 29 heavy (non-hydrogen) atoms. The van der Waals surface area contributed by atoms with E-state index in [2.05, 4.69) is 45.3 Å². The molecule has 0 heterocycles. The van der Waals surface area contributed by atoms with Gasteiger partial charge in [0.05, 0.1) is 11.1 Å². The highest BCUT2D eigenvalue weighted by atomic mass is 79.9. The Morgan fingerprint density at radius 2 is 1.62 bits per heavy atom. The Labute approximate surface area is 180 Å². The van der Waals surface area contributed by atoms with Crippen molar-refractivity contribution in [3.05, 3.63) is 58.1 Å². The van der Waals surface area contributed by atoms with E-state index in [1.54, 1.807) is 42.5 Å². The zero-order chi connectivity index (χ0) is 21.2. The molecular weight excluding hydrogens is 434 g/mol. The standard InChI is InChI=1S/C22H28BrN3O3/c1-4-26(5-2)14-13-24-21(27)16-7-10-18(11-8-16)25-22(28)17-9-12-20(29-6-3)19(23)15-17/h7-12,15H,4-6,13-14H2,1-3H3,(H,24,27)(H,25,28). The summed E-state index contributed by atoms with van der Waals surface area (Å²) < 4.78 is 6.19. The van der Waals surface area contributed by atoms with Crippen LogP contribution >= 0.6 is 15.9 Å². The van der Waals surface area contributed by atoms with Crippen molar-refractivity contribution in [3.63, 3.8) is 0 Å². The minimum Gasteiger partial charge on any atom is -0.493 e. The van der Waals surface area contributed by atoms with Crippen LogP contribution in [0.5, 0.6) is 5.75 Å². The minimum atomic E-state index is -0.231. The number of rotatable bonds is 10. The second kappa shape index (κ2) is 11.6. The first kappa shape index (κ1) is 22.9. The van der Waals surface area contributed by atoms with E-state index in [1.165, 1.54) is 0 Å². The topological polar surface area (TPSA) is 70.7 Å². The molecule has 0 spiro atoms. The Balaban J connectivity index is 1.92. The van der Waals surface area contributed by atoms with E-state index in [0.29, 0.717) is 35.7 Å². The van der Waals surface area contributed by atoms with Crippen LogP contribution in [0.2, 0.25) is 0 Å². The highest BCUT2D eigenvalue weighted by molar-refractivity contribution is 9.10. The summed E-state index contributed by atoms with van der Waals surface area (Å²) in [6.45, 7) is 10.0. The lowest BCUT2D eigenvalue weighted by Gasteiger charge is -2.18. The van der Waals surface area contributed by atoms with Gasteiger partial charge in [-0.2, -0.15) is 0 Å². The van der Waals surface area contributed by atoms with Gasteiger partial charge in [-0.25, -0.2) is 0 Å². The minimum absolute atomic E-state index is 0.120. The van der Waals surface area contributed by atoms with Crippen molar-refractivity contribution in [1.82, 2.24) is 10.2 Å².